The average molecular weight is 420 g/mol. The van der Waals surface area contributed by atoms with Gasteiger partial charge in [-0.15, -0.1) is 0 Å². The summed E-state index contributed by atoms with van der Waals surface area (Å²) in [5.74, 6) is -0.163. The molecule has 162 valence electrons. The fourth-order valence-corrected chi connectivity index (χ4v) is 4.59. The molecule has 2 aliphatic rings. The summed E-state index contributed by atoms with van der Waals surface area (Å²) < 4.78 is 0. The first kappa shape index (κ1) is 21.1. The predicted molar refractivity (Wildman–Crippen MR) is 118 cm³/mol. The lowest BCUT2D eigenvalue weighted by atomic mass is 9.81. The lowest BCUT2D eigenvalue weighted by Crippen LogP contribution is -2.48. The molecule has 0 aliphatic carbocycles. The Balaban J connectivity index is 1.70. The van der Waals surface area contributed by atoms with Crippen molar-refractivity contribution >= 4 is 17.8 Å². The van der Waals surface area contributed by atoms with Gasteiger partial charge in [0.15, 0.2) is 5.54 Å². The third-order valence-corrected chi connectivity index (χ3v) is 6.56. The Bertz CT molecular complexity index is 1020. The van der Waals surface area contributed by atoms with Crippen LogP contribution in [0.4, 0.5) is 4.79 Å². The van der Waals surface area contributed by atoms with Crippen LogP contribution in [0.3, 0.4) is 0 Å². The van der Waals surface area contributed by atoms with Crippen molar-refractivity contribution in [2.45, 2.75) is 39.2 Å². The number of piperidine rings is 1. The van der Waals surface area contributed by atoms with Crippen LogP contribution in [0, 0.1) is 19.8 Å². The van der Waals surface area contributed by atoms with Crippen LogP contribution >= 0.6 is 0 Å². The number of nitrogens with one attached hydrogen (secondary N) is 1. The molecule has 0 saturated carbocycles. The number of rotatable bonds is 4. The average Bonchev–Trinajstić information content (AvgIpc) is 3.02. The van der Waals surface area contributed by atoms with Crippen LogP contribution in [0.15, 0.2) is 48.5 Å². The lowest BCUT2D eigenvalue weighted by Gasteiger charge is -2.32. The molecule has 2 aromatic carbocycles. The highest BCUT2D eigenvalue weighted by Crippen LogP contribution is 2.37. The fourth-order valence-electron chi connectivity index (χ4n) is 4.59. The summed E-state index contributed by atoms with van der Waals surface area (Å²) in [6.45, 7) is 7.22. The minimum atomic E-state index is -1.34. The van der Waals surface area contributed by atoms with Crippen LogP contribution < -0.4 is 5.32 Å². The zero-order chi connectivity index (χ0) is 22.2. The molecule has 0 aromatic heterocycles. The SMILES string of the molecule is Cc1ccc([C@]2(c3ccccc3)NC(=O)N(CC(=O)N3CCC[C@H](C)C3)C2=O)cc1C. The summed E-state index contributed by atoms with van der Waals surface area (Å²) in [5, 5.41) is 2.93. The highest BCUT2D eigenvalue weighted by Gasteiger charge is 2.54. The van der Waals surface area contributed by atoms with Crippen LogP contribution in [0.1, 0.15) is 42.0 Å². The first-order chi connectivity index (χ1) is 14.8. The third-order valence-electron chi connectivity index (χ3n) is 6.56. The molecule has 4 amide bonds. The number of hydrogen-bond donors (Lipinski definition) is 1. The van der Waals surface area contributed by atoms with E-state index in [1.165, 1.54) is 0 Å². The maximum atomic E-state index is 13.8. The van der Waals surface area contributed by atoms with E-state index in [-0.39, 0.29) is 12.5 Å². The number of benzene rings is 2. The van der Waals surface area contributed by atoms with E-state index in [1.54, 1.807) is 4.90 Å². The van der Waals surface area contributed by atoms with Gasteiger partial charge in [-0.05, 0) is 54.9 Å². The first-order valence-electron chi connectivity index (χ1n) is 10.9. The molecular formula is C25H29N3O3. The summed E-state index contributed by atoms with van der Waals surface area (Å²) >= 11 is 0. The summed E-state index contributed by atoms with van der Waals surface area (Å²) in [6, 6.07) is 14.5. The second kappa shape index (κ2) is 8.17. The van der Waals surface area contributed by atoms with Gasteiger partial charge in [0.1, 0.15) is 6.54 Å². The second-order valence-electron chi connectivity index (χ2n) is 8.82. The molecule has 6 nitrogen and oxygen atoms in total. The zero-order valence-corrected chi connectivity index (χ0v) is 18.4. The van der Waals surface area contributed by atoms with Crippen LogP contribution in [0.5, 0.6) is 0 Å². The van der Waals surface area contributed by atoms with Crippen molar-refractivity contribution in [2.75, 3.05) is 19.6 Å². The molecule has 2 aliphatic heterocycles. The Labute approximate surface area is 183 Å². The molecule has 0 radical (unpaired) electrons. The van der Waals surface area contributed by atoms with Crippen LogP contribution in [0.2, 0.25) is 0 Å². The largest absolute Gasteiger partial charge is 0.341 e. The molecule has 0 unspecified atom stereocenters. The van der Waals surface area contributed by atoms with E-state index in [2.05, 4.69) is 12.2 Å². The van der Waals surface area contributed by atoms with Crippen molar-refractivity contribution in [3.05, 3.63) is 70.8 Å². The van der Waals surface area contributed by atoms with E-state index in [1.807, 2.05) is 62.4 Å². The number of likely N-dealkylation sites (tertiary alicyclic amines) is 1. The van der Waals surface area contributed by atoms with Crippen molar-refractivity contribution < 1.29 is 14.4 Å². The summed E-state index contributed by atoms with van der Waals surface area (Å²) in [5.41, 5.74) is 2.17. The number of carbonyl (C=O) groups excluding carboxylic acids is 3. The van der Waals surface area contributed by atoms with Gasteiger partial charge in [-0.2, -0.15) is 0 Å². The van der Waals surface area contributed by atoms with Gasteiger partial charge in [-0.1, -0.05) is 55.5 Å². The van der Waals surface area contributed by atoms with Gasteiger partial charge < -0.3 is 10.2 Å². The maximum absolute atomic E-state index is 13.8. The van der Waals surface area contributed by atoms with Crippen LogP contribution in [0.25, 0.3) is 0 Å². The van der Waals surface area contributed by atoms with Gasteiger partial charge >= 0.3 is 6.03 Å². The van der Waals surface area contributed by atoms with Gasteiger partial charge in [-0.3, -0.25) is 14.5 Å². The molecule has 0 spiro atoms. The third kappa shape index (κ3) is 3.71. The molecular weight excluding hydrogens is 390 g/mol. The Morgan fingerprint density at radius 3 is 2.48 bits per heavy atom. The number of amides is 4. The highest BCUT2D eigenvalue weighted by atomic mass is 16.2. The smallest absolute Gasteiger partial charge is 0.326 e. The molecule has 2 aromatic rings. The zero-order valence-electron chi connectivity index (χ0n) is 18.4. The Kier molecular flexibility index (Phi) is 5.56. The van der Waals surface area contributed by atoms with E-state index in [4.69, 9.17) is 0 Å². The van der Waals surface area contributed by atoms with E-state index in [0.29, 0.717) is 30.1 Å². The van der Waals surface area contributed by atoms with Crippen molar-refractivity contribution in [1.82, 2.24) is 15.1 Å². The van der Waals surface area contributed by atoms with Gasteiger partial charge in [-0.25, -0.2) is 4.79 Å². The summed E-state index contributed by atoms with van der Waals surface area (Å²) in [7, 11) is 0. The lowest BCUT2D eigenvalue weighted by molar-refractivity contribution is -0.139. The van der Waals surface area contributed by atoms with Crippen LogP contribution in [-0.2, 0) is 15.1 Å². The van der Waals surface area contributed by atoms with Gasteiger partial charge in [0.25, 0.3) is 5.91 Å². The van der Waals surface area contributed by atoms with Crippen molar-refractivity contribution in [3.63, 3.8) is 0 Å². The quantitative estimate of drug-likeness (QED) is 0.773. The van der Waals surface area contributed by atoms with Crippen molar-refractivity contribution in [3.8, 4) is 0 Å². The number of carbonyl (C=O) groups is 3. The van der Waals surface area contributed by atoms with Gasteiger partial charge in [0.2, 0.25) is 5.91 Å². The Morgan fingerprint density at radius 1 is 1.06 bits per heavy atom. The molecule has 0 bridgehead atoms. The molecule has 4 rings (SSSR count). The fraction of sp³-hybridized carbons (Fsp3) is 0.400. The van der Waals surface area contributed by atoms with E-state index in [9.17, 15) is 14.4 Å². The molecule has 1 N–H and O–H groups in total. The first-order valence-corrected chi connectivity index (χ1v) is 10.9. The molecule has 2 atom stereocenters. The van der Waals surface area contributed by atoms with Gasteiger partial charge in [0, 0.05) is 13.1 Å². The van der Waals surface area contributed by atoms with E-state index < -0.39 is 17.5 Å². The molecule has 2 heterocycles. The normalized spacial score (nSPS) is 23.8. The summed E-state index contributed by atoms with van der Waals surface area (Å²) in [4.78, 5) is 42.6. The second-order valence-corrected chi connectivity index (χ2v) is 8.82. The monoisotopic (exact) mass is 419 g/mol. The number of nitrogens with zero attached hydrogens (tertiary/aromatic N) is 2. The van der Waals surface area contributed by atoms with Gasteiger partial charge in [0.05, 0.1) is 0 Å². The number of imide groups is 1. The van der Waals surface area contributed by atoms with Crippen LogP contribution in [-0.4, -0.2) is 47.3 Å². The molecule has 2 fully saturated rings. The number of urea groups is 1. The highest BCUT2D eigenvalue weighted by molar-refractivity contribution is 6.11. The van der Waals surface area contributed by atoms with Crippen molar-refractivity contribution in [2.24, 2.45) is 5.92 Å². The van der Waals surface area contributed by atoms with Crippen molar-refractivity contribution in [1.29, 1.82) is 0 Å². The van der Waals surface area contributed by atoms with E-state index >= 15 is 0 Å². The minimum Gasteiger partial charge on any atom is -0.341 e. The number of hydrogen-bond acceptors (Lipinski definition) is 3. The topological polar surface area (TPSA) is 69.7 Å². The number of aryl methyl sites for hydroxylation is 2. The molecule has 31 heavy (non-hydrogen) atoms. The minimum absolute atomic E-state index is 0.181. The maximum Gasteiger partial charge on any atom is 0.326 e. The van der Waals surface area contributed by atoms with E-state index in [0.717, 1.165) is 28.9 Å². The predicted octanol–water partition coefficient (Wildman–Crippen LogP) is 3.36. The Hall–Kier alpha value is -3.15. The Morgan fingerprint density at radius 2 is 1.81 bits per heavy atom. The molecule has 2 saturated heterocycles. The standard InChI is InChI=1S/C25H29N3O3/c1-17-8-7-13-27(15-17)22(29)16-28-23(30)25(26-24(28)31,20-9-5-4-6-10-20)21-12-11-18(2)19(3)14-21/h4-6,9-12,14,17H,7-8,13,15-16H2,1-3H3,(H,26,31)/t17-,25-/m0/s1. The molecule has 6 heteroatoms. The summed E-state index contributed by atoms with van der Waals surface area (Å²) in [6.07, 6.45) is 2.04.